The third kappa shape index (κ3) is 5.34. The summed E-state index contributed by atoms with van der Waals surface area (Å²) >= 11 is 0. The van der Waals surface area contributed by atoms with Gasteiger partial charge in [-0.05, 0) is 69.8 Å². The monoisotopic (exact) mass is 690 g/mol. The van der Waals surface area contributed by atoms with Crippen molar-refractivity contribution in [3.05, 3.63) is 198 Å². The zero-order valence-electron chi connectivity index (χ0n) is 27.8. The lowest BCUT2D eigenvalue weighted by atomic mass is 9.94. The smallest absolute Gasteiger partial charge is 0.270 e. The Balaban J connectivity index is 1.52. The number of rotatable bonds is 3. The average molecular weight is 691 g/mol. The number of ketones is 3. The standard InChI is InChI=1S/C45H18N6O3/c1-50-38(23-48)41-30-10-4-7-13-33(30)44(53)36(41)19-26-15-25(18-35-40(28(21-46)22-47)29-9-3-6-12-32(29)43(35)52)16-27(17-26)20-37-42(39(24-49)51-2)31-11-5-8-14-34(31)45(37)54/h3-20H/b35-18-,36-19-,37-20-,41-38-,42-39+. The SMILES string of the molecule is [C-]#[N+]/C(C#N)=C1\C(=C\c2cc(/C=C3\C(=O)c4ccccc4C3=C(C#N)C#N)cc(/C=C3\C(=O)c4ccccc4\C3=C(\C#N)[N+]#[C-])c2)C(=O)c2ccccc21. The average Bonchev–Trinajstić information content (AvgIpc) is 3.74. The van der Waals surface area contributed by atoms with E-state index in [1.54, 1.807) is 91.0 Å². The lowest BCUT2D eigenvalue weighted by molar-refractivity contribution is 0.103. The minimum atomic E-state index is -0.419. The molecule has 0 fully saturated rings. The largest absolute Gasteiger partial charge is 0.289 e. The predicted octanol–water partition coefficient (Wildman–Crippen LogP) is 8.64. The fourth-order valence-electron chi connectivity index (χ4n) is 6.96. The van der Waals surface area contributed by atoms with E-state index in [4.69, 9.17) is 13.1 Å². The quantitative estimate of drug-likeness (QED) is 0.118. The molecule has 0 saturated heterocycles. The number of nitrogens with zero attached hydrogens (tertiary/aromatic N) is 6. The summed E-state index contributed by atoms with van der Waals surface area (Å²) in [4.78, 5) is 48.2. The number of hydrogen-bond donors (Lipinski definition) is 0. The van der Waals surface area contributed by atoms with Crippen molar-refractivity contribution in [1.29, 1.82) is 21.0 Å². The van der Waals surface area contributed by atoms with Gasteiger partial charge in [0.05, 0.1) is 25.3 Å². The van der Waals surface area contributed by atoms with E-state index in [1.165, 1.54) is 18.2 Å². The number of nitriles is 4. The van der Waals surface area contributed by atoms with Crippen LogP contribution >= 0.6 is 0 Å². The number of carbonyl (C=O) groups is 3. The summed E-state index contributed by atoms with van der Waals surface area (Å²) in [5.41, 5.74) is 3.24. The maximum Gasteiger partial charge on any atom is 0.270 e. The first kappa shape index (κ1) is 33.8. The highest BCUT2D eigenvalue weighted by molar-refractivity contribution is 6.31. The first-order valence-electron chi connectivity index (χ1n) is 16.1. The molecule has 7 rings (SSSR count). The van der Waals surface area contributed by atoms with E-state index >= 15 is 0 Å². The van der Waals surface area contributed by atoms with Crippen LogP contribution in [0.3, 0.4) is 0 Å². The van der Waals surface area contributed by atoms with Gasteiger partial charge in [0.2, 0.25) is 0 Å². The molecule has 0 saturated carbocycles. The Morgan fingerprint density at radius 3 is 1.06 bits per heavy atom. The molecule has 0 radical (unpaired) electrons. The van der Waals surface area contributed by atoms with Gasteiger partial charge in [0, 0.05) is 50.1 Å². The lowest BCUT2D eigenvalue weighted by Crippen LogP contribution is -1.98. The first-order valence-corrected chi connectivity index (χ1v) is 16.1. The molecule has 246 valence electrons. The molecule has 4 aromatic rings. The van der Waals surface area contributed by atoms with Gasteiger partial charge in [-0.1, -0.05) is 72.8 Å². The number of carbonyl (C=O) groups excluding carboxylic acids is 3. The van der Waals surface area contributed by atoms with Crippen LogP contribution in [-0.4, -0.2) is 17.3 Å². The van der Waals surface area contributed by atoms with E-state index in [2.05, 4.69) is 9.69 Å². The maximum atomic E-state index is 13.8. The molecule has 4 aromatic carbocycles. The molecule has 0 N–H and O–H groups in total. The van der Waals surface area contributed by atoms with E-state index < -0.39 is 17.3 Å². The van der Waals surface area contributed by atoms with Crippen molar-refractivity contribution in [3.8, 4) is 24.3 Å². The van der Waals surface area contributed by atoms with Gasteiger partial charge in [0.25, 0.3) is 11.4 Å². The summed E-state index contributed by atoms with van der Waals surface area (Å²) in [6.45, 7) is 15.3. The second-order valence-corrected chi connectivity index (χ2v) is 12.1. The summed E-state index contributed by atoms with van der Waals surface area (Å²) in [6.07, 6.45) is 4.55. The molecule has 9 nitrogen and oxygen atoms in total. The lowest BCUT2D eigenvalue weighted by Gasteiger charge is -2.08. The fraction of sp³-hybridized carbons (Fsp3) is 0. The van der Waals surface area contributed by atoms with Crippen LogP contribution in [0, 0.1) is 58.5 Å². The maximum absolute atomic E-state index is 13.8. The fourth-order valence-corrected chi connectivity index (χ4v) is 6.96. The Bertz CT molecular complexity index is 2560. The summed E-state index contributed by atoms with van der Waals surface area (Å²) < 4.78 is 0. The van der Waals surface area contributed by atoms with E-state index in [9.17, 15) is 35.4 Å². The van der Waals surface area contributed by atoms with Crippen LogP contribution in [-0.2, 0) is 0 Å². The predicted molar refractivity (Wildman–Crippen MR) is 199 cm³/mol. The third-order valence-electron chi connectivity index (χ3n) is 9.18. The molecule has 0 aliphatic heterocycles. The molecule has 54 heavy (non-hydrogen) atoms. The van der Waals surface area contributed by atoms with Crippen molar-refractivity contribution in [2.24, 2.45) is 0 Å². The Morgan fingerprint density at radius 2 is 0.759 bits per heavy atom. The van der Waals surface area contributed by atoms with Gasteiger partial charge in [-0.25, -0.2) is 20.2 Å². The summed E-state index contributed by atoms with van der Waals surface area (Å²) in [5.74, 6) is -1.25. The summed E-state index contributed by atoms with van der Waals surface area (Å²) in [7, 11) is 0. The minimum Gasteiger partial charge on any atom is -0.289 e. The number of benzene rings is 4. The van der Waals surface area contributed by atoms with Gasteiger partial charge in [-0.15, -0.1) is 0 Å². The molecule has 9 heteroatoms. The first-order chi connectivity index (χ1) is 26.3. The molecule has 0 spiro atoms. The zero-order valence-corrected chi connectivity index (χ0v) is 27.8. The minimum absolute atomic E-state index is 0.0760. The number of hydrogen-bond acceptors (Lipinski definition) is 7. The highest BCUT2D eigenvalue weighted by Gasteiger charge is 2.35. The molecule has 0 atom stereocenters. The van der Waals surface area contributed by atoms with E-state index in [1.807, 2.05) is 24.3 Å². The third-order valence-corrected chi connectivity index (χ3v) is 9.18. The van der Waals surface area contributed by atoms with Crippen molar-refractivity contribution >= 4 is 52.3 Å². The molecule has 3 aliphatic rings. The van der Waals surface area contributed by atoms with Gasteiger partial charge < -0.3 is 0 Å². The van der Waals surface area contributed by atoms with Crippen molar-refractivity contribution < 1.29 is 14.4 Å². The molecule has 3 aliphatic carbocycles. The highest BCUT2D eigenvalue weighted by Crippen LogP contribution is 2.43. The normalized spacial score (nSPS) is 17.8. The van der Waals surface area contributed by atoms with Crippen molar-refractivity contribution in [3.63, 3.8) is 0 Å². The van der Waals surface area contributed by atoms with Crippen LogP contribution in [0.2, 0.25) is 0 Å². The number of Topliss-reactive ketones (excluding diaryl/α,β-unsaturated/α-hetero) is 3. The summed E-state index contributed by atoms with van der Waals surface area (Å²) in [6, 6.07) is 32.4. The molecular weight excluding hydrogens is 673 g/mol. The van der Waals surface area contributed by atoms with Crippen LogP contribution in [0.1, 0.15) is 64.5 Å². The van der Waals surface area contributed by atoms with Gasteiger partial charge in [-0.3, -0.25) is 14.4 Å². The number of fused-ring (bicyclic) bond motifs is 3. The van der Waals surface area contributed by atoms with Crippen LogP contribution in [0.5, 0.6) is 0 Å². The molecule has 0 unspecified atom stereocenters. The van der Waals surface area contributed by atoms with Crippen LogP contribution < -0.4 is 0 Å². The molecule has 0 bridgehead atoms. The summed E-state index contributed by atoms with van der Waals surface area (Å²) in [5, 5.41) is 39.5. The Kier molecular flexibility index (Phi) is 8.46. The van der Waals surface area contributed by atoms with Gasteiger partial charge in [0.15, 0.2) is 17.3 Å². The second kappa shape index (κ2) is 13.5. The van der Waals surface area contributed by atoms with E-state index in [-0.39, 0.29) is 50.4 Å². The van der Waals surface area contributed by atoms with Gasteiger partial charge >= 0.3 is 0 Å². The van der Waals surface area contributed by atoms with E-state index in [0.29, 0.717) is 50.1 Å². The van der Waals surface area contributed by atoms with Crippen molar-refractivity contribution in [2.45, 2.75) is 0 Å². The highest BCUT2D eigenvalue weighted by atomic mass is 16.1. The second-order valence-electron chi connectivity index (χ2n) is 12.1. The Labute approximate surface area is 308 Å². The van der Waals surface area contributed by atoms with Crippen molar-refractivity contribution in [2.75, 3.05) is 0 Å². The number of allylic oxidation sites excluding steroid dienone is 9. The molecule has 0 heterocycles. The van der Waals surface area contributed by atoms with Crippen LogP contribution in [0.4, 0.5) is 0 Å². The molecular formula is C45H18N6O3. The molecule has 0 amide bonds. The molecule has 0 aromatic heterocycles. The van der Waals surface area contributed by atoms with Crippen molar-refractivity contribution in [1.82, 2.24) is 0 Å². The van der Waals surface area contributed by atoms with Gasteiger partial charge in [0.1, 0.15) is 17.7 Å². The van der Waals surface area contributed by atoms with Gasteiger partial charge in [-0.2, -0.15) is 10.5 Å². The zero-order chi connectivity index (χ0) is 38.1. The topological polar surface area (TPSA) is 155 Å². The van der Waals surface area contributed by atoms with Crippen LogP contribution in [0.25, 0.3) is 44.6 Å². The van der Waals surface area contributed by atoms with Crippen LogP contribution in [0.15, 0.2) is 125 Å². The van der Waals surface area contributed by atoms with E-state index in [0.717, 1.165) is 0 Å². The Morgan fingerprint density at radius 1 is 0.463 bits per heavy atom. The Hall–Kier alpha value is -8.73.